The zero-order valence-corrected chi connectivity index (χ0v) is 10.2. The summed E-state index contributed by atoms with van der Waals surface area (Å²) in [6.45, 7) is 2.00. The number of benzene rings is 1. The van der Waals surface area contributed by atoms with Crippen LogP contribution in [0.15, 0.2) is 16.6 Å². The summed E-state index contributed by atoms with van der Waals surface area (Å²) in [6, 6.07) is 4.81. The summed E-state index contributed by atoms with van der Waals surface area (Å²) in [4.78, 5) is 11.4. The van der Waals surface area contributed by atoms with E-state index in [-0.39, 0.29) is 12.2 Å². The van der Waals surface area contributed by atoms with Gasteiger partial charge in [0.2, 0.25) is 0 Å². The van der Waals surface area contributed by atoms with Crippen LogP contribution in [0.5, 0.6) is 0 Å². The van der Waals surface area contributed by atoms with Crippen molar-refractivity contribution in [3.8, 4) is 6.07 Å². The number of hydrogen-bond donors (Lipinski definition) is 0. The first kappa shape index (κ1) is 12.0. The topological polar surface area (TPSA) is 50.1 Å². The molecule has 5 heteroatoms. The van der Waals surface area contributed by atoms with E-state index in [1.54, 1.807) is 6.92 Å². The molecule has 0 unspecified atom stereocenters. The van der Waals surface area contributed by atoms with E-state index in [0.717, 1.165) is 0 Å². The lowest BCUT2D eigenvalue weighted by atomic mass is 10.1. The maximum Gasteiger partial charge on any atom is 0.339 e. The van der Waals surface area contributed by atoms with Crippen LogP contribution in [0.4, 0.5) is 0 Å². The molecule has 1 rings (SSSR count). The largest absolute Gasteiger partial charge is 0.462 e. The summed E-state index contributed by atoms with van der Waals surface area (Å²) >= 11 is 8.97. The molecule has 0 N–H and O–H groups in total. The molecule has 1 aromatic rings. The summed E-state index contributed by atoms with van der Waals surface area (Å²) < 4.78 is 5.35. The third-order valence-corrected chi connectivity index (χ3v) is 2.64. The van der Waals surface area contributed by atoms with Gasteiger partial charge in [-0.2, -0.15) is 5.26 Å². The number of carbonyl (C=O) groups is 1. The smallest absolute Gasteiger partial charge is 0.339 e. The number of carbonyl (C=O) groups excluding carboxylic acids is 1. The Bertz CT molecular complexity index is 440. The van der Waals surface area contributed by atoms with Gasteiger partial charge >= 0.3 is 5.97 Å². The molecule has 15 heavy (non-hydrogen) atoms. The van der Waals surface area contributed by atoms with Gasteiger partial charge in [0, 0.05) is 4.47 Å². The van der Waals surface area contributed by atoms with Crippen LogP contribution < -0.4 is 0 Å². The lowest BCUT2D eigenvalue weighted by Gasteiger charge is -2.05. The molecule has 0 heterocycles. The van der Waals surface area contributed by atoms with Gasteiger partial charge in [0.05, 0.1) is 22.8 Å². The molecule has 0 fully saturated rings. The van der Waals surface area contributed by atoms with Crippen LogP contribution >= 0.6 is 27.5 Å². The molecule has 1 aromatic carbocycles. The minimum Gasteiger partial charge on any atom is -0.462 e. The van der Waals surface area contributed by atoms with Crippen molar-refractivity contribution >= 4 is 33.5 Å². The standard InChI is InChI=1S/C10H7BrClNO2/c1-2-15-10(14)7-3-6(5-13)9(12)4-8(7)11/h3-4H,2H2,1H3. The summed E-state index contributed by atoms with van der Waals surface area (Å²) in [5, 5.41) is 9.05. The van der Waals surface area contributed by atoms with E-state index in [4.69, 9.17) is 21.6 Å². The van der Waals surface area contributed by atoms with Crippen molar-refractivity contribution in [2.75, 3.05) is 6.61 Å². The van der Waals surface area contributed by atoms with Crippen molar-refractivity contribution < 1.29 is 9.53 Å². The van der Waals surface area contributed by atoms with E-state index in [2.05, 4.69) is 15.9 Å². The molecule has 0 saturated carbocycles. The Hall–Kier alpha value is -1.05. The molecule has 0 aliphatic rings. The van der Waals surface area contributed by atoms with Gasteiger partial charge < -0.3 is 4.74 Å². The number of esters is 1. The van der Waals surface area contributed by atoms with Crippen LogP contribution in [0.3, 0.4) is 0 Å². The minimum absolute atomic E-state index is 0.253. The molecule has 0 spiro atoms. The van der Waals surface area contributed by atoms with Crippen LogP contribution in [0.1, 0.15) is 22.8 Å². The number of halogens is 2. The van der Waals surface area contributed by atoms with Crippen molar-refractivity contribution in [1.29, 1.82) is 5.26 Å². The SMILES string of the molecule is CCOC(=O)c1cc(C#N)c(Cl)cc1Br. The van der Waals surface area contributed by atoms with Crippen molar-refractivity contribution in [2.24, 2.45) is 0 Å². The summed E-state index contributed by atoms with van der Waals surface area (Å²) in [5.74, 6) is -0.474. The number of nitriles is 1. The lowest BCUT2D eigenvalue weighted by Crippen LogP contribution is -2.06. The van der Waals surface area contributed by atoms with Gasteiger partial charge in [0.15, 0.2) is 0 Å². The second-order valence-electron chi connectivity index (χ2n) is 2.64. The van der Waals surface area contributed by atoms with Gasteiger partial charge in [0.1, 0.15) is 6.07 Å². The van der Waals surface area contributed by atoms with Crippen LogP contribution in [-0.4, -0.2) is 12.6 Å². The van der Waals surface area contributed by atoms with E-state index in [9.17, 15) is 4.79 Å². The third kappa shape index (κ3) is 2.71. The third-order valence-electron chi connectivity index (χ3n) is 1.67. The summed E-state index contributed by atoms with van der Waals surface area (Å²) in [5.41, 5.74) is 0.556. The van der Waals surface area contributed by atoms with Gasteiger partial charge in [-0.3, -0.25) is 0 Å². The Morgan fingerprint density at radius 2 is 2.33 bits per heavy atom. The fourth-order valence-corrected chi connectivity index (χ4v) is 1.84. The summed E-state index contributed by atoms with van der Waals surface area (Å²) in [7, 11) is 0. The number of nitrogens with zero attached hydrogens (tertiary/aromatic N) is 1. The normalized spacial score (nSPS) is 9.47. The van der Waals surface area contributed by atoms with Crippen LogP contribution in [0.25, 0.3) is 0 Å². The van der Waals surface area contributed by atoms with Gasteiger partial charge in [-0.25, -0.2) is 4.79 Å². The second-order valence-corrected chi connectivity index (χ2v) is 3.91. The highest BCUT2D eigenvalue weighted by molar-refractivity contribution is 9.10. The Morgan fingerprint density at radius 1 is 1.67 bits per heavy atom. The number of hydrogen-bond acceptors (Lipinski definition) is 3. The van der Waals surface area contributed by atoms with Gasteiger partial charge in [-0.15, -0.1) is 0 Å². The van der Waals surface area contributed by atoms with Crippen LogP contribution in [0.2, 0.25) is 5.02 Å². The van der Waals surface area contributed by atoms with E-state index >= 15 is 0 Å². The first-order valence-corrected chi connectivity index (χ1v) is 5.33. The van der Waals surface area contributed by atoms with Crippen molar-refractivity contribution in [3.63, 3.8) is 0 Å². The Morgan fingerprint density at radius 3 is 2.87 bits per heavy atom. The van der Waals surface area contributed by atoms with Crippen molar-refractivity contribution in [3.05, 3.63) is 32.8 Å². The Kier molecular flexibility index (Phi) is 4.13. The Balaban J connectivity index is 3.20. The second kappa shape index (κ2) is 5.15. The average molecular weight is 289 g/mol. The predicted molar refractivity (Wildman–Crippen MR) is 59.8 cm³/mol. The molecule has 0 amide bonds. The minimum atomic E-state index is -0.474. The Labute approximate surface area is 101 Å². The zero-order chi connectivity index (χ0) is 11.4. The van der Waals surface area contributed by atoms with Gasteiger partial charge in [-0.05, 0) is 35.0 Å². The quantitative estimate of drug-likeness (QED) is 0.786. The molecule has 78 valence electrons. The molecule has 0 saturated heterocycles. The molecule has 0 aliphatic heterocycles. The fraction of sp³-hybridized carbons (Fsp3) is 0.200. The fourth-order valence-electron chi connectivity index (χ4n) is 1.000. The highest BCUT2D eigenvalue weighted by Gasteiger charge is 2.14. The first-order chi connectivity index (χ1) is 7.10. The highest BCUT2D eigenvalue weighted by atomic mass is 79.9. The number of ether oxygens (including phenoxy) is 1. The summed E-state index contributed by atoms with van der Waals surface area (Å²) in [6.07, 6.45) is 0. The van der Waals surface area contributed by atoms with Crippen molar-refractivity contribution in [2.45, 2.75) is 6.92 Å². The molecule has 3 nitrogen and oxygen atoms in total. The molecule has 0 bridgehead atoms. The molecule has 0 aromatic heterocycles. The van der Waals surface area contributed by atoms with E-state index in [1.807, 2.05) is 6.07 Å². The maximum absolute atomic E-state index is 11.4. The maximum atomic E-state index is 11.4. The average Bonchev–Trinajstić information content (AvgIpc) is 2.18. The molecule has 0 aliphatic carbocycles. The van der Waals surface area contributed by atoms with E-state index < -0.39 is 5.97 Å². The van der Waals surface area contributed by atoms with Gasteiger partial charge in [-0.1, -0.05) is 11.6 Å². The zero-order valence-electron chi connectivity index (χ0n) is 7.88. The van der Waals surface area contributed by atoms with Crippen molar-refractivity contribution in [1.82, 2.24) is 0 Å². The molecule has 0 radical (unpaired) electrons. The molecular formula is C10H7BrClNO2. The van der Waals surface area contributed by atoms with Gasteiger partial charge in [0.25, 0.3) is 0 Å². The first-order valence-electron chi connectivity index (χ1n) is 4.16. The highest BCUT2D eigenvalue weighted by Crippen LogP contribution is 2.25. The molecule has 0 atom stereocenters. The van der Waals surface area contributed by atoms with Crippen LogP contribution in [-0.2, 0) is 4.74 Å². The predicted octanol–water partition coefficient (Wildman–Crippen LogP) is 3.15. The number of rotatable bonds is 2. The molecular weight excluding hydrogens is 281 g/mol. The monoisotopic (exact) mass is 287 g/mol. The van der Waals surface area contributed by atoms with E-state index in [1.165, 1.54) is 12.1 Å². The lowest BCUT2D eigenvalue weighted by molar-refractivity contribution is 0.0525. The van der Waals surface area contributed by atoms with E-state index in [0.29, 0.717) is 15.1 Å². The van der Waals surface area contributed by atoms with Crippen LogP contribution in [0, 0.1) is 11.3 Å².